The number of methoxy groups -OCH3 is 1. The molecule has 2 heterocycles. The number of ether oxygens (including phenoxy) is 1. The molecule has 29 heavy (non-hydrogen) atoms. The molecule has 1 aromatic heterocycles. The highest BCUT2D eigenvalue weighted by Gasteiger charge is 2.27. The number of aliphatic hydroxyl groups is 1. The second-order valence-corrected chi connectivity index (χ2v) is 8.54. The molecule has 1 fully saturated rings. The Labute approximate surface area is 173 Å². The first-order chi connectivity index (χ1) is 14.1. The molecule has 0 bridgehead atoms. The fraction of sp³-hybridized carbons (Fsp3) is 0.440. The van der Waals surface area contributed by atoms with E-state index >= 15 is 0 Å². The molecule has 0 radical (unpaired) electrons. The molecule has 1 atom stereocenters. The molecule has 1 saturated heterocycles. The van der Waals surface area contributed by atoms with Crippen LogP contribution < -0.4 is 9.64 Å². The summed E-state index contributed by atoms with van der Waals surface area (Å²) in [4.78, 5) is 1.51. The summed E-state index contributed by atoms with van der Waals surface area (Å²) in [5.74, 6) is 1.60. The smallest absolute Gasteiger partial charge is 0.130 e. The number of hydrogen-bond donors (Lipinski definition) is 2. The first-order valence-corrected chi connectivity index (χ1v) is 10.7. The summed E-state index contributed by atoms with van der Waals surface area (Å²) in [5, 5.41) is 12.3. The van der Waals surface area contributed by atoms with Crippen LogP contribution in [0.5, 0.6) is 5.75 Å². The van der Waals surface area contributed by atoms with Crippen LogP contribution in [0.1, 0.15) is 35.8 Å². The van der Waals surface area contributed by atoms with Crippen LogP contribution in [0.4, 0.5) is 0 Å². The molecule has 4 nitrogen and oxygen atoms in total. The lowest BCUT2D eigenvalue weighted by atomic mass is 9.90. The summed E-state index contributed by atoms with van der Waals surface area (Å²) < 4.78 is 7.60. The third kappa shape index (κ3) is 4.19. The number of aryl methyl sites for hydroxylation is 1. The number of hydrogen-bond acceptors (Lipinski definition) is 2. The Balaban J connectivity index is 1.42. The van der Waals surface area contributed by atoms with Crippen LogP contribution in [0.25, 0.3) is 10.9 Å². The lowest BCUT2D eigenvalue weighted by molar-refractivity contribution is -0.910. The molecule has 0 unspecified atom stereocenters. The average molecular weight is 394 g/mol. The Morgan fingerprint density at radius 1 is 1.14 bits per heavy atom. The van der Waals surface area contributed by atoms with Gasteiger partial charge in [-0.3, -0.25) is 0 Å². The molecule has 4 heteroatoms. The van der Waals surface area contributed by atoms with Gasteiger partial charge in [0.15, 0.2) is 0 Å². The number of fused-ring (bicyclic) bond motifs is 1. The molecular weight excluding hydrogens is 360 g/mol. The summed E-state index contributed by atoms with van der Waals surface area (Å²) in [6.07, 6.45) is 3.20. The second kappa shape index (κ2) is 8.60. The van der Waals surface area contributed by atoms with Gasteiger partial charge in [-0.2, -0.15) is 0 Å². The van der Waals surface area contributed by atoms with Crippen molar-refractivity contribution in [1.82, 2.24) is 4.57 Å². The van der Waals surface area contributed by atoms with Crippen LogP contribution in [0.15, 0.2) is 48.5 Å². The van der Waals surface area contributed by atoms with Gasteiger partial charge in [0.1, 0.15) is 18.4 Å². The van der Waals surface area contributed by atoms with E-state index in [-0.39, 0.29) is 0 Å². The summed E-state index contributed by atoms with van der Waals surface area (Å²) >= 11 is 0. The molecule has 4 rings (SSSR count). The predicted molar refractivity (Wildman–Crippen MR) is 118 cm³/mol. The van der Waals surface area contributed by atoms with Gasteiger partial charge in [0.2, 0.25) is 0 Å². The van der Waals surface area contributed by atoms with E-state index < -0.39 is 6.10 Å². The van der Waals surface area contributed by atoms with Gasteiger partial charge >= 0.3 is 0 Å². The van der Waals surface area contributed by atoms with Crippen molar-refractivity contribution in [3.8, 4) is 5.75 Å². The molecule has 0 amide bonds. The second-order valence-electron chi connectivity index (χ2n) is 8.54. The highest BCUT2D eigenvalue weighted by Crippen LogP contribution is 2.32. The maximum Gasteiger partial charge on any atom is 0.130 e. The highest BCUT2D eigenvalue weighted by molar-refractivity contribution is 5.87. The largest absolute Gasteiger partial charge is 0.497 e. The maximum atomic E-state index is 11.2. The number of benzene rings is 2. The molecule has 0 aliphatic carbocycles. The third-order valence-electron chi connectivity index (χ3n) is 6.74. The van der Waals surface area contributed by atoms with Crippen molar-refractivity contribution in [2.45, 2.75) is 32.3 Å². The lowest BCUT2D eigenvalue weighted by Gasteiger charge is -2.30. The molecule has 2 N–H and O–H groups in total. The van der Waals surface area contributed by atoms with Crippen molar-refractivity contribution in [3.63, 3.8) is 0 Å². The number of aromatic nitrogens is 1. The Morgan fingerprint density at radius 2 is 1.86 bits per heavy atom. The number of quaternary nitrogens is 1. The van der Waals surface area contributed by atoms with Crippen LogP contribution in [-0.4, -0.2) is 36.4 Å². The molecule has 0 saturated carbocycles. The normalized spacial score (nSPS) is 20.7. The van der Waals surface area contributed by atoms with E-state index in [1.807, 2.05) is 6.07 Å². The van der Waals surface area contributed by atoms with Gasteiger partial charge in [-0.25, -0.2) is 0 Å². The van der Waals surface area contributed by atoms with E-state index in [9.17, 15) is 5.11 Å². The minimum atomic E-state index is -0.452. The molecular formula is C25H33N2O2+. The summed E-state index contributed by atoms with van der Waals surface area (Å²) in [6.45, 7) is 5.16. The number of likely N-dealkylation sites (tertiary alicyclic amines) is 1. The van der Waals surface area contributed by atoms with Gasteiger partial charge in [0, 0.05) is 29.2 Å². The van der Waals surface area contributed by atoms with Crippen molar-refractivity contribution in [2.24, 2.45) is 13.0 Å². The van der Waals surface area contributed by atoms with Crippen LogP contribution >= 0.6 is 0 Å². The summed E-state index contributed by atoms with van der Waals surface area (Å²) in [6, 6.07) is 17.0. The van der Waals surface area contributed by atoms with E-state index in [4.69, 9.17) is 4.74 Å². The van der Waals surface area contributed by atoms with Gasteiger partial charge in [0.05, 0.1) is 20.2 Å². The Hall–Kier alpha value is -2.30. The van der Waals surface area contributed by atoms with E-state index in [0.29, 0.717) is 0 Å². The quantitative estimate of drug-likeness (QED) is 0.676. The van der Waals surface area contributed by atoms with E-state index in [1.165, 1.54) is 29.7 Å². The average Bonchev–Trinajstić information content (AvgIpc) is 3.00. The van der Waals surface area contributed by atoms with Gasteiger partial charge in [0.25, 0.3) is 0 Å². The number of rotatable bonds is 6. The number of nitrogens with one attached hydrogen (secondary N) is 1. The Morgan fingerprint density at radius 3 is 2.55 bits per heavy atom. The van der Waals surface area contributed by atoms with Crippen LogP contribution in [0, 0.1) is 12.8 Å². The van der Waals surface area contributed by atoms with Crippen LogP contribution in [0.2, 0.25) is 0 Å². The minimum absolute atomic E-state index is 0.452. The monoisotopic (exact) mass is 393 g/mol. The number of piperidine rings is 1. The highest BCUT2D eigenvalue weighted by atomic mass is 16.5. The molecule has 3 aromatic rings. The van der Waals surface area contributed by atoms with E-state index in [0.717, 1.165) is 53.5 Å². The van der Waals surface area contributed by atoms with Gasteiger partial charge in [-0.1, -0.05) is 30.3 Å². The zero-order valence-corrected chi connectivity index (χ0v) is 17.8. The van der Waals surface area contributed by atoms with Gasteiger partial charge in [-0.15, -0.1) is 0 Å². The molecule has 2 aromatic carbocycles. The van der Waals surface area contributed by atoms with Gasteiger partial charge < -0.3 is 19.3 Å². The maximum absolute atomic E-state index is 11.2. The van der Waals surface area contributed by atoms with E-state index in [1.54, 1.807) is 7.11 Å². The number of aliphatic hydroxyl groups excluding tert-OH is 1. The topological polar surface area (TPSA) is 38.8 Å². The van der Waals surface area contributed by atoms with Crippen molar-refractivity contribution in [2.75, 3.05) is 26.7 Å². The zero-order valence-electron chi connectivity index (χ0n) is 17.8. The van der Waals surface area contributed by atoms with Crippen molar-refractivity contribution >= 4 is 10.9 Å². The fourth-order valence-electron chi connectivity index (χ4n) is 4.94. The molecule has 154 valence electrons. The Kier molecular flexibility index (Phi) is 5.93. The van der Waals surface area contributed by atoms with Crippen molar-refractivity contribution < 1.29 is 14.7 Å². The first kappa shape index (κ1) is 20.0. The minimum Gasteiger partial charge on any atom is -0.497 e. The zero-order chi connectivity index (χ0) is 20.4. The van der Waals surface area contributed by atoms with Crippen molar-refractivity contribution in [3.05, 3.63) is 65.4 Å². The standard InChI is InChI=1S/C25H32N2O2/c1-18-25(22-16-21(29-3)9-10-23(22)26(18)2)24(28)17-27-13-11-20(12-14-27)15-19-7-5-4-6-8-19/h4-10,16,20,24,28H,11-15,17H2,1-3H3/p+1/t24-/m0/s1. The summed E-state index contributed by atoms with van der Waals surface area (Å²) in [7, 11) is 3.76. The molecule has 1 aliphatic heterocycles. The fourth-order valence-corrected chi connectivity index (χ4v) is 4.94. The van der Waals surface area contributed by atoms with Gasteiger partial charge in [-0.05, 0) is 55.9 Å². The van der Waals surface area contributed by atoms with Crippen LogP contribution in [0.3, 0.4) is 0 Å². The van der Waals surface area contributed by atoms with E-state index in [2.05, 4.69) is 61.0 Å². The SMILES string of the molecule is COc1ccc2c(c1)c([C@@H](O)C[NH+]1CCC(Cc3ccccc3)CC1)c(C)n2C. The number of nitrogens with zero attached hydrogens (tertiary/aromatic N) is 1. The summed E-state index contributed by atoms with van der Waals surface area (Å²) in [5.41, 5.74) is 4.79. The third-order valence-corrected chi connectivity index (χ3v) is 6.74. The lowest BCUT2D eigenvalue weighted by Crippen LogP contribution is -3.13. The Bertz CT molecular complexity index is 956. The van der Waals surface area contributed by atoms with Crippen LogP contribution in [-0.2, 0) is 13.5 Å². The molecule has 1 aliphatic rings. The first-order valence-electron chi connectivity index (χ1n) is 10.7. The predicted octanol–water partition coefficient (Wildman–Crippen LogP) is 3.07. The van der Waals surface area contributed by atoms with Crippen molar-refractivity contribution in [1.29, 1.82) is 0 Å². The molecule has 0 spiro atoms.